The van der Waals surface area contributed by atoms with E-state index in [2.05, 4.69) is 4.98 Å². The predicted molar refractivity (Wildman–Crippen MR) is 111 cm³/mol. The Morgan fingerprint density at radius 1 is 1.06 bits per heavy atom. The van der Waals surface area contributed by atoms with Gasteiger partial charge in [0.15, 0.2) is 11.5 Å². The average Bonchev–Trinajstić information content (AvgIpc) is 3.12. The number of carbonyl (C=O) groups is 3. The number of oxazole rings is 1. The van der Waals surface area contributed by atoms with Gasteiger partial charge in [-0.2, -0.15) is 0 Å². The van der Waals surface area contributed by atoms with Gasteiger partial charge in [-0.25, -0.2) is 19.4 Å². The van der Waals surface area contributed by atoms with Crippen molar-refractivity contribution < 1.29 is 33.0 Å². The molecule has 9 heteroatoms. The van der Waals surface area contributed by atoms with Gasteiger partial charge in [0.05, 0.1) is 25.3 Å². The minimum absolute atomic E-state index is 0.0650. The highest BCUT2D eigenvalue weighted by molar-refractivity contribution is 6.06. The number of esters is 2. The summed E-state index contributed by atoms with van der Waals surface area (Å²) in [5, 5.41) is 0. The van der Waals surface area contributed by atoms with Gasteiger partial charge in [-0.15, -0.1) is 0 Å². The van der Waals surface area contributed by atoms with Crippen LogP contribution in [0, 0.1) is 5.92 Å². The highest BCUT2D eigenvalue weighted by Crippen LogP contribution is 2.27. The summed E-state index contributed by atoms with van der Waals surface area (Å²) in [5.41, 5.74) is 0.490. The minimum Gasteiger partial charge on any atom is -0.465 e. The Bertz CT molecular complexity index is 929. The van der Waals surface area contributed by atoms with Crippen molar-refractivity contribution in [1.29, 1.82) is 0 Å². The Hall–Kier alpha value is -3.10. The molecule has 0 spiro atoms. The van der Waals surface area contributed by atoms with E-state index in [4.69, 9.17) is 18.6 Å². The zero-order chi connectivity index (χ0) is 22.8. The van der Waals surface area contributed by atoms with E-state index in [-0.39, 0.29) is 17.2 Å². The molecule has 31 heavy (non-hydrogen) atoms. The maximum Gasteiger partial charge on any atom is 0.410 e. The summed E-state index contributed by atoms with van der Waals surface area (Å²) >= 11 is 0. The fraction of sp³-hybridized carbons (Fsp3) is 0.545. The molecule has 1 aromatic heterocycles. The molecular formula is C22H28N2O7. The van der Waals surface area contributed by atoms with Crippen molar-refractivity contribution in [3.8, 4) is 0 Å². The van der Waals surface area contributed by atoms with Gasteiger partial charge in [0.25, 0.3) is 0 Å². The zero-order valence-corrected chi connectivity index (χ0v) is 18.5. The molecular weight excluding hydrogens is 404 g/mol. The molecule has 9 nitrogen and oxygen atoms in total. The van der Waals surface area contributed by atoms with Gasteiger partial charge in [-0.05, 0) is 51.7 Å². The van der Waals surface area contributed by atoms with Gasteiger partial charge in [0, 0.05) is 19.5 Å². The molecule has 2 aromatic rings. The number of hydrogen-bond donors (Lipinski definition) is 0. The largest absolute Gasteiger partial charge is 0.465 e. The normalized spacial score (nSPS) is 15.1. The summed E-state index contributed by atoms with van der Waals surface area (Å²) in [4.78, 5) is 42.5. The Morgan fingerprint density at radius 3 is 2.19 bits per heavy atom. The molecule has 1 aromatic carbocycles. The maximum atomic E-state index is 12.2. The van der Waals surface area contributed by atoms with E-state index in [0.717, 1.165) is 12.8 Å². The van der Waals surface area contributed by atoms with Crippen LogP contribution in [0.5, 0.6) is 0 Å². The van der Waals surface area contributed by atoms with Crippen molar-refractivity contribution in [1.82, 2.24) is 9.88 Å². The maximum absolute atomic E-state index is 12.2. The number of aromatic nitrogens is 1. The molecule has 168 valence electrons. The summed E-state index contributed by atoms with van der Waals surface area (Å²) < 4.78 is 20.8. The van der Waals surface area contributed by atoms with Gasteiger partial charge < -0.3 is 23.5 Å². The van der Waals surface area contributed by atoms with Crippen LogP contribution in [-0.2, 0) is 20.6 Å². The molecule has 0 saturated carbocycles. The highest BCUT2D eigenvalue weighted by atomic mass is 16.6. The Labute approximate surface area is 180 Å². The third-order valence-corrected chi connectivity index (χ3v) is 5.11. The third kappa shape index (κ3) is 5.34. The first-order valence-electron chi connectivity index (χ1n) is 10.2. The molecule has 0 N–H and O–H groups in total. The lowest BCUT2D eigenvalue weighted by Crippen LogP contribution is -2.42. The van der Waals surface area contributed by atoms with Crippen molar-refractivity contribution in [2.45, 2.75) is 45.6 Å². The van der Waals surface area contributed by atoms with E-state index in [1.807, 2.05) is 20.8 Å². The number of benzene rings is 1. The summed E-state index contributed by atoms with van der Waals surface area (Å²) in [6.45, 7) is 6.77. The van der Waals surface area contributed by atoms with Crippen molar-refractivity contribution in [2.75, 3.05) is 27.3 Å². The van der Waals surface area contributed by atoms with Crippen LogP contribution in [0.25, 0.3) is 11.1 Å². The number of methoxy groups -OCH3 is 2. The van der Waals surface area contributed by atoms with Gasteiger partial charge >= 0.3 is 18.0 Å². The third-order valence-electron chi connectivity index (χ3n) is 5.11. The Kier molecular flexibility index (Phi) is 6.52. The summed E-state index contributed by atoms with van der Waals surface area (Å²) in [6.07, 6.45) is 1.91. The smallest absolute Gasteiger partial charge is 0.410 e. The van der Waals surface area contributed by atoms with Crippen molar-refractivity contribution in [3.05, 3.63) is 29.2 Å². The number of hydrogen-bond acceptors (Lipinski definition) is 8. The van der Waals surface area contributed by atoms with Gasteiger partial charge in [-0.1, -0.05) is 0 Å². The van der Waals surface area contributed by atoms with Crippen LogP contribution >= 0.6 is 0 Å². The minimum atomic E-state index is -0.658. The van der Waals surface area contributed by atoms with Crippen LogP contribution in [0.2, 0.25) is 0 Å². The summed E-state index contributed by atoms with van der Waals surface area (Å²) in [5.74, 6) is -0.494. The van der Waals surface area contributed by atoms with Crippen LogP contribution < -0.4 is 0 Å². The first-order chi connectivity index (χ1) is 14.6. The molecule has 0 radical (unpaired) electrons. The second-order valence-electron chi connectivity index (χ2n) is 8.57. The second-order valence-corrected chi connectivity index (χ2v) is 8.57. The number of piperidine rings is 1. The second kappa shape index (κ2) is 8.95. The van der Waals surface area contributed by atoms with Crippen LogP contribution in [0.1, 0.15) is 60.2 Å². The molecule has 0 unspecified atom stereocenters. The molecule has 0 aliphatic carbocycles. The predicted octanol–water partition coefficient (Wildman–Crippen LogP) is 3.59. The molecule has 3 rings (SSSR count). The number of nitrogens with zero attached hydrogens (tertiary/aromatic N) is 2. The van der Waals surface area contributed by atoms with Gasteiger partial charge in [0.2, 0.25) is 0 Å². The van der Waals surface area contributed by atoms with E-state index < -0.39 is 17.5 Å². The average molecular weight is 432 g/mol. The fourth-order valence-corrected chi connectivity index (χ4v) is 3.56. The molecule has 0 atom stereocenters. The van der Waals surface area contributed by atoms with Gasteiger partial charge in [-0.3, -0.25) is 0 Å². The van der Waals surface area contributed by atoms with Crippen LogP contribution in [-0.4, -0.2) is 60.8 Å². The number of amides is 1. The van der Waals surface area contributed by atoms with Crippen molar-refractivity contribution in [3.63, 3.8) is 0 Å². The summed E-state index contributed by atoms with van der Waals surface area (Å²) in [6, 6.07) is 2.93. The first-order valence-corrected chi connectivity index (χ1v) is 10.2. The van der Waals surface area contributed by atoms with Crippen LogP contribution in [0.4, 0.5) is 4.79 Å². The molecule has 0 bridgehead atoms. The Morgan fingerprint density at radius 2 is 1.65 bits per heavy atom. The van der Waals surface area contributed by atoms with Gasteiger partial charge in [0.1, 0.15) is 11.1 Å². The first kappa shape index (κ1) is 22.6. The standard InChI is InChI=1S/C22H28N2O7/c1-22(2,3)31-21(27)24-8-6-13(7-9-24)10-18-23-16-11-14(19(25)28-4)15(20(26)29-5)12-17(16)30-18/h11-13H,6-10H2,1-5H3. The molecule has 1 amide bonds. The highest BCUT2D eigenvalue weighted by Gasteiger charge is 2.28. The monoisotopic (exact) mass is 432 g/mol. The number of likely N-dealkylation sites (tertiary alicyclic amines) is 1. The number of ether oxygens (including phenoxy) is 3. The quantitative estimate of drug-likeness (QED) is 0.533. The lowest BCUT2D eigenvalue weighted by Gasteiger charge is -2.33. The van der Waals surface area contributed by atoms with Crippen molar-refractivity contribution >= 4 is 29.1 Å². The van der Waals surface area contributed by atoms with Crippen LogP contribution in [0.15, 0.2) is 16.5 Å². The topological polar surface area (TPSA) is 108 Å². The number of rotatable bonds is 4. The SMILES string of the molecule is COC(=O)c1cc2nc(CC3CCN(C(=O)OC(C)(C)C)CC3)oc2cc1C(=O)OC. The van der Waals surface area contributed by atoms with Crippen LogP contribution in [0.3, 0.4) is 0 Å². The number of fused-ring (bicyclic) bond motifs is 1. The summed E-state index contributed by atoms with van der Waals surface area (Å²) in [7, 11) is 2.48. The molecule has 2 heterocycles. The lowest BCUT2D eigenvalue weighted by molar-refractivity contribution is 0.0182. The van der Waals surface area contributed by atoms with E-state index in [9.17, 15) is 14.4 Å². The zero-order valence-electron chi connectivity index (χ0n) is 18.5. The van der Waals surface area contributed by atoms with E-state index in [1.54, 1.807) is 4.90 Å². The lowest BCUT2D eigenvalue weighted by atomic mass is 9.94. The Balaban J connectivity index is 1.71. The molecule has 1 aliphatic rings. The molecule has 1 fully saturated rings. The fourth-order valence-electron chi connectivity index (χ4n) is 3.56. The van der Waals surface area contributed by atoms with E-state index >= 15 is 0 Å². The number of carbonyl (C=O) groups excluding carboxylic acids is 3. The molecule has 1 aliphatic heterocycles. The van der Waals surface area contributed by atoms with E-state index in [0.29, 0.717) is 42.4 Å². The molecule has 1 saturated heterocycles. The van der Waals surface area contributed by atoms with E-state index in [1.165, 1.54) is 26.4 Å². The van der Waals surface area contributed by atoms with Crippen molar-refractivity contribution in [2.24, 2.45) is 5.92 Å².